The number of nitrogens with one attached hydrogen (secondary N) is 3. The van der Waals surface area contributed by atoms with Crippen LogP contribution in [0.15, 0.2) is 4.99 Å². The first-order valence-corrected chi connectivity index (χ1v) is 12.5. The number of halogens is 1. The van der Waals surface area contributed by atoms with Crippen LogP contribution in [0.3, 0.4) is 0 Å². The molecule has 0 spiro atoms. The lowest BCUT2D eigenvalue weighted by atomic mass is 9.86. The summed E-state index contributed by atoms with van der Waals surface area (Å²) < 4.78 is 27.0. The van der Waals surface area contributed by atoms with Crippen LogP contribution in [0, 0.1) is 5.92 Å². The molecule has 0 aromatic rings. The SMILES string of the molecule is CCNC(=NCCS(=O)(=O)NCC1CCC1)NC1CCN(C2CCCC2)C1.I. The van der Waals surface area contributed by atoms with E-state index in [4.69, 9.17) is 0 Å². The molecule has 1 heterocycles. The lowest BCUT2D eigenvalue weighted by molar-refractivity contribution is 0.242. The highest BCUT2D eigenvalue weighted by atomic mass is 127. The van der Waals surface area contributed by atoms with Crippen LogP contribution in [0.1, 0.15) is 58.3 Å². The normalized spacial score (nSPS) is 24.8. The third kappa shape index (κ3) is 7.60. The maximum absolute atomic E-state index is 12.1. The average Bonchev–Trinajstić information content (AvgIpc) is 3.24. The van der Waals surface area contributed by atoms with Crippen molar-refractivity contribution in [3.05, 3.63) is 0 Å². The average molecular weight is 528 g/mol. The molecule has 9 heteroatoms. The van der Waals surface area contributed by atoms with E-state index in [-0.39, 0.29) is 36.3 Å². The number of rotatable bonds is 9. The molecule has 1 atom stereocenters. The highest BCUT2D eigenvalue weighted by molar-refractivity contribution is 14.0. The first kappa shape index (κ1) is 24.1. The van der Waals surface area contributed by atoms with Crippen molar-refractivity contribution in [3.63, 3.8) is 0 Å². The molecule has 28 heavy (non-hydrogen) atoms. The summed E-state index contributed by atoms with van der Waals surface area (Å²) in [7, 11) is -3.23. The van der Waals surface area contributed by atoms with Gasteiger partial charge in [0.15, 0.2) is 5.96 Å². The summed E-state index contributed by atoms with van der Waals surface area (Å²) in [6, 6.07) is 1.17. The van der Waals surface area contributed by atoms with Crippen molar-refractivity contribution in [2.45, 2.75) is 70.4 Å². The van der Waals surface area contributed by atoms with E-state index in [0.29, 0.717) is 18.5 Å². The van der Waals surface area contributed by atoms with E-state index in [9.17, 15) is 8.42 Å². The fourth-order valence-corrected chi connectivity index (χ4v) is 5.28. The maximum Gasteiger partial charge on any atom is 0.213 e. The van der Waals surface area contributed by atoms with Crippen molar-refractivity contribution < 1.29 is 8.42 Å². The molecule has 0 bridgehead atoms. The van der Waals surface area contributed by atoms with Gasteiger partial charge in [0.05, 0.1) is 12.3 Å². The van der Waals surface area contributed by atoms with E-state index < -0.39 is 10.0 Å². The van der Waals surface area contributed by atoms with Gasteiger partial charge in [-0.05, 0) is 44.9 Å². The molecule has 164 valence electrons. The van der Waals surface area contributed by atoms with Gasteiger partial charge < -0.3 is 10.6 Å². The van der Waals surface area contributed by atoms with Gasteiger partial charge in [0.25, 0.3) is 0 Å². The van der Waals surface area contributed by atoms with Gasteiger partial charge in [-0.25, -0.2) is 13.1 Å². The van der Waals surface area contributed by atoms with E-state index >= 15 is 0 Å². The molecular formula is C19H38IN5O2S. The minimum atomic E-state index is -3.23. The second-order valence-electron chi connectivity index (χ2n) is 8.29. The molecule has 1 aliphatic heterocycles. The molecule has 3 rings (SSSR count). The first-order valence-electron chi connectivity index (χ1n) is 10.8. The summed E-state index contributed by atoms with van der Waals surface area (Å²) in [5, 5.41) is 6.76. The first-order chi connectivity index (χ1) is 13.1. The molecule has 3 fully saturated rings. The topological polar surface area (TPSA) is 85.8 Å². The Morgan fingerprint density at radius 2 is 1.86 bits per heavy atom. The van der Waals surface area contributed by atoms with Crippen LogP contribution in [0.25, 0.3) is 0 Å². The van der Waals surface area contributed by atoms with E-state index in [1.165, 1.54) is 32.1 Å². The minimum Gasteiger partial charge on any atom is -0.357 e. The second-order valence-corrected chi connectivity index (χ2v) is 10.2. The third-order valence-electron chi connectivity index (χ3n) is 6.19. The molecule has 2 aliphatic carbocycles. The largest absolute Gasteiger partial charge is 0.357 e. The standard InChI is InChI=1S/C19H37N5O2S.HI/c1-2-20-19(21-11-13-27(25,26)22-14-16-6-5-7-16)23-17-10-12-24(15-17)18-8-3-4-9-18;/h16-18,22H,2-15H2,1H3,(H2,20,21,23);1H. The van der Waals surface area contributed by atoms with Gasteiger partial charge >= 0.3 is 0 Å². The Labute approximate surface area is 188 Å². The van der Waals surface area contributed by atoms with Gasteiger partial charge in [-0.2, -0.15) is 0 Å². The quantitative estimate of drug-likeness (QED) is 0.242. The van der Waals surface area contributed by atoms with Crippen LogP contribution in [-0.4, -0.2) is 69.8 Å². The minimum absolute atomic E-state index is 0. The summed E-state index contributed by atoms with van der Waals surface area (Å²) in [5.74, 6) is 1.33. The van der Waals surface area contributed by atoms with Gasteiger partial charge in [0.2, 0.25) is 10.0 Å². The Hall–Kier alpha value is -0.130. The lowest BCUT2D eigenvalue weighted by Gasteiger charge is -2.25. The van der Waals surface area contributed by atoms with Crippen molar-refractivity contribution in [1.82, 2.24) is 20.3 Å². The summed E-state index contributed by atoms with van der Waals surface area (Å²) in [6.45, 7) is 5.90. The lowest BCUT2D eigenvalue weighted by Crippen LogP contribution is -2.45. The van der Waals surface area contributed by atoms with Crippen LogP contribution < -0.4 is 15.4 Å². The third-order valence-corrected chi connectivity index (χ3v) is 7.52. The van der Waals surface area contributed by atoms with Crippen LogP contribution >= 0.6 is 24.0 Å². The Morgan fingerprint density at radius 3 is 2.50 bits per heavy atom. The summed E-state index contributed by atoms with van der Waals surface area (Å²) in [4.78, 5) is 7.12. The van der Waals surface area contributed by atoms with Gasteiger partial charge in [0.1, 0.15) is 0 Å². The van der Waals surface area contributed by atoms with Gasteiger partial charge in [-0.1, -0.05) is 19.3 Å². The highest BCUT2D eigenvalue weighted by Crippen LogP contribution is 2.26. The molecule has 0 radical (unpaired) electrons. The van der Waals surface area contributed by atoms with E-state index in [0.717, 1.165) is 50.9 Å². The molecule has 0 aromatic carbocycles. The molecule has 0 amide bonds. The van der Waals surface area contributed by atoms with Crippen LogP contribution in [0.5, 0.6) is 0 Å². The van der Waals surface area contributed by atoms with E-state index in [1.807, 2.05) is 6.92 Å². The molecule has 3 N–H and O–H groups in total. The fourth-order valence-electron chi connectivity index (χ4n) is 4.31. The number of hydrogen-bond donors (Lipinski definition) is 3. The molecule has 0 aromatic heterocycles. The van der Waals surface area contributed by atoms with Crippen molar-refractivity contribution in [1.29, 1.82) is 0 Å². The number of likely N-dealkylation sites (tertiary alicyclic amines) is 1. The van der Waals surface area contributed by atoms with E-state index in [1.54, 1.807) is 0 Å². The number of sulfonamides is 1. The Balaban J connectivity index is 0.00000280. The smallest absolute Gasteiger partial charge is 0.213 e. The molecule has 1 unspecified atom stereocenters. The van der Waals surface area contributed by atoms with Gasteiger partial charge in [-0.3, -0.25) is 9.89 Å². The number of nitrogens with zero attached hydrogens (tertiary/aromatic N) is 2. The fraction of sp³-hybridized carbons (Fsp3) is 0.947. The van der Waals surface area contributed by atoms with Crippen LogP contribution in [0.4, 0.5) is 0 Å². The summed E-state index contributed by atoms with van der Waals surface area (Å²) in [6.07, 6.45) is 10.1. The number of aliphatic imine (C=N–C) groups is 1. The van der Waals surface area contributed by atoms with Gasteiger partial charge in [0, 0.05) is 38.3 Å². The van der Waals surface area contributed by atoms with Crippen molar-refractivity contribution >= 4 is 40.0 Å². The van der Waals surface area contributed by atoms with Crippen LogP contribution in [0.2, 0.25) is 0 Å². The van der Waals surface area contributed by atoms with Crippen molar-refractivity contribution in [2.24, 2.45) is 10.9 Å². The van der Waals surface area contributed by atoms with Crippen molar-refractivity contribution in [3.8, 4) is 0 Å². The predicted molar refractivity (Wildman–Crippen MR) is 126 cm³/mol. The zero-order valence-electron chi connectivity index (χ0n) is 17.2. The molecule has 2 saturated carbocycles. The monoisotopic (exact) mass is 527 g/mol. The zero-order chi connectivity index (χ0) is 19.1. The molecule has 1 saturated heterocycles. The Kier molecular flexibility index (Phi) is 10.3. The maximum atomic E-state index is 12.1. The Bertz CT molecular complexity index is 591. The molecular weight excluding hydrogens is 489 g/mol. The zero-order valence-corrected chi connectivity index (χ0v) is 20.3. The van der Waals surface area contributed by atoms with Crippen molar-refractivity contribution in [2.75, 3.05) is 38.5 Å². The van der Waals surface area contributed by atoms with E-state index in [2.05, 4.69) is 25.2 Å². The van der Waals surface area contributed by atoms with Gasteiger partial charge in [-0.15, -0.1) is 24.0 Å². The number of hydrogen-bond acceptors (Lipinski definition) is 4. The number of guanidine groups is 1. The van der Waals surface area contributed by atoms with Crippen LogP contribution in [-0.2, 0) is 10.0 Å². The molecule has 7 nitrogen and oxygen atoms in total. The summed E-state index contributed by atoms with van der Waals surface area (Å²) >= 11 is 0. The predicted octanol–water partition coefficient (Wildman–Crippen LogP) is 1.90. The highest BCUT2D eigenvalue weighted by Gasteiger charge is 2.30. The Morgan fingerprint density at radius 1 is 1.11 bits per heavy atom. The summed E-state index contributed by atoms with van der Waals surface area (Å²) in [5.41, 5.74) is 0. The molecule has 3 aliphatic rings. The second kappa shape index (κ2) is 11.9.